The van der Waals surface area contributed by atoms with Crippen LogP contribution in [0.25, 0.3) is 0 Å². The van der Waals surface area contributed by atoms with Gasteiger partial charge in [0.1, 0.15) is 17.3 Å². The molecule has 0 heterocycles. The number of alkyl halides is 3. The Hall–Kier alpha value is -0.900. The number of nitrogens with zero attached hydrogens (tertiary/aromatic N) is 1. The van der Waals surface area contributed by atoms with Crippen molar-refractivity contribution in [2.24, 2.45) is 5.73 Å². The highest BCUT2D eigenvalue weighted by atomic mass is 35.5. The first-order chi connectivity index (χ1) is 8.99. The van der Waals surface area contributed by atoms with E-state index < -0.39 is 33.5 Å². The normalized spacial score (nSPS) is 13.0. The second-order valence-corrected chi connectivity index (χ2v) is 6.41. The van der Waals surface area contributed by atoms with Crippen molar-refractivity contribution >= 4 is 21.6 Å². The molecule has 10 heteroatoms. The molecule has 1 rings (SSSR count). The van der Waals surface area contributed by atoms with Gasteiger partial charge in [-0.25, -0.2) is 12.8 Å². The van der Waals surface area contributed by atoms with Crippen LogP contribution in [-0.4, -0.2) is 32.5 Å². The first-order valence-corrected chi connectivity index (χ1v) is 7.02. The van der Waals surface area contributed by atoms with Crippen molar-refractivity contribution in [3.8, 4) is 0 Å². The van der Waals surface area contributed by atoms with Gasteiger partial charge in [0.25, 0.3) is 0 Å². The van der Waals surface area contributed by atoms with Gasteiger partial charge in [0, 0.05) is 24.2 Å². The molecular weight excluding hydrogens is 324 g/mol. The molecular formula is C10H11ClF4N2O2S. The van der Waals surface area contributed by atoms with Crippen molar-refractivity contribution in [1.29, 1.82) is 0 Å². The molecule has 0 aliphatic carbocycles. The monoisotopic (exact) mass is 334 g/mol. The number of halogens is 5. The Kier molecular flexibility index (Phi) is 5.01. The maximum atomic E-state index is 13.9. The van der Waals surface area contributed by atoms with E-state index in [2.05, 4.69) is 0 Å². The zero-order chi connectivity index (χ0) is 15.7. The van der Waals surface area contributed by atoms with E-state index in [1.807, 2.05) is 0 Å². The Morgan fingerprint density at radius 2 is 1.90 bits per heavy atom. The van der Waals surface area contributed by atoms with E-state index in [1.54, 1.807) is 0 Å². The number of hydrogen-bond donors (Lipinski definition) is 1. The summed E-state index contributed by atoms with van der Waals surface area (Å²) in [5.41, 5.74) is 5.02. The first kappa shape index (κ1) is 17.2. The summed E-state index contributed by atoms with van der Waals surface area (Å²) in [4.78, 5) is -0.933. The molecule has 0 radical (unpaired) electrons. The quantitative estimate of drug-likeness (QED) is 0.858. The van der Waals surface area contributed by atoms with E-state index in [0.717, 1.165) is 12.1 Å². The van der Waals surface area contributed by atoms with E-state index in [9.17, 15) is 26.0 Å². The molecule has 0 amide bonds. The number of benzene rings is 1. The lowest BCUT2D eigenvalue weighted by molar-refractivity contribution is -0.134. The molecule has 0 aliphatic heterocycles. The Balaban J connectivity index is 3.32. The predicted octanol–water partition coefficient (Wildman–Crippen LogP) is 2.12. The van der Waals surface area contributed by atoms with Crippen LogP contribution in [0.2, 0.25) is 5.02 Å². The molecule has 0 atom stereocenters. The van der Waals surface area contributed by atoms with Gasteiger partial charge in [0.05, 0.1) is 0 Å². The molecule has 0 fully saturated rings. The SMILES string of the molecule is CN(CC(F)(F)F)S(=O)(=O)c1cc(Cl)cc(CN)c1F. The van der Waals surface area contributed by atoms with Crippen LogP contribution in [0.5, 0.6) is 0 Å². The molecule has 114 valence electrons. The van der Waals surface area contributed by atoms with Gasteiger partial charge >= 0.3 is 6.18 Å². The molecule has 4 nitrogen and oxygen atoms in total. The third-order valence-electron chi connectivity index (χ3n) is 2.39. The number of nitrogens with two attached hydrogens (primary N) is 1. The van der Waals surface area contributed by atoms with Crippen molar-refractivity contribution in [1.82, 2.24) is 4.31 Å². The van der Waals surface area contributed by atoms with E-state index >= 15 is 0 Å². The molecule has 1 aromatic carbocycles. The Morgan fingerprint density at radius 1 is 1.35 bits per heavy atom. The van der Waals surface area contributed by atoms with Gasteiger partial charge < -0.3 is 5.73 Å². The highest BCUT2D eigenvalue weighted by Crippen LogP contribution is 2.27. The molecule has 0 aromatic heterocycles. The second kappa shape index (κ2) is 5.84. The van der Waals surface area contributed by atoms with Crippen LogP contribution in [0.3, 0.4) is 0 Å². The van der Waals surface area contributed by atoms with E-state index in [-0.39, 0.29) is 21.4 Å². The van der Waals surface area contributed by atoms with Crippen LogP contribution >= 0.6 is 11.6 Å². The standard InChI is InChI=1S/C10H11ClF4N2O2S/c1-17(5-10(13,14)15)20(18,19)8-3-7(11)2-6(4-16)9(8)12/h2-3H,4-5,16H2,1H3. The third kappa shape index (κ3) is 3.81. The second-order valence-electron chi connectivity index (χ2n) is 3.96. The molecule has 0 aliphatic rings. The van der Waals surface area contributed by atoms with Crippen molar-refractivity contribution < 1.29 is 26.0 Å². The molecule has 2 N–H and O–H groups in total. The van der Waals surface area contributed by atoms with Crippen LogP contribution < -0.4 is 5.73 Å². The minimum Gasteiger partial charge on any atom is -0.326 e. The van der Waals surface area contributed by atoms with E-state index in [4.69, 9.17) is 17.3 Å². The molecule has 20 heavy (non-hydrogen) atoms. The first-order valence-electron chi connectivity index (χ1n) is 5.20. The average molecular weight is 335 g/mol. The summed E-state index contributed by atoms with van der Waals surface area (Å²) in [7, 11) is -3.96. The summed E-state index contributed by atoms with van der Waals surface area (Å²) in [6, 6.07) is 1.86. The summed E-state index contributed by atoms with van der Waals surface area (Å²) in [6.07, 6.45) is -4.74. The zero-order valence-corrected chi connectivity index (χ0v) is 11.8. The van der Waals surface area contributed by atoms with Crippen LogP contribution in [0.4, 0.5) is 17.6 Å². The largest absolute Gasteiger partial charge is 0.402 e. The lowest BCUT2D eigenvalue weighted by Crippen LogP contribution is -2.36. The fourth-order valence-corrected chi connectivity index (χ4v) is 3.05. The smallest absolute Gasteiger partial charge is 0.326 e. The fraction of sp³-hybridized carbons (Fsp3) is 0.400. The fourth-order valence-electron chi connectivity index (χ4n) is 1.46. The summed E-state index contributed by atoms with van der Waals surface area (Å²) >= 11 is 5.62. The summed E-state index contributed by atoms with van der Waals surface area (Å²) in [6.45, 7) is -2.07. The molecule has 0 saturated heterocycles. The minimum absolute atomic E-state index is 0.00202. The van der Waals surface area contributed by atoms with Crippen molar-refractivity contribution in [2.75, 3.05) is 13.6 Å². The van der Waals surface area contributed by atoms with Crippen LogP contribution in [0.1, 0.15) is 5.56 Å². The zero-order valence-electron chi connectivity index (χ0n) is 10.2. The molecule has 1 aromatic rings. The minimum atomic E-state index is -4.74. The number of hydrogen-bond acceptors (Lipinski definition) is 3. The summed E-state index contributed by atoms with van der Waals surface area (Å²) < 4.78 is 74.5. The predicted molar refractivity (Wildman–Crippen MR) is 65.2 cm³/mol. The average Bonchev–Trinajstić information content (AvgIpc) is 2.29. The van der Waals surface area contributed by atoms with Crippen molar-refractivity contribution in [3.05, 3.63) is 28.5 Å². The van der Waals surface area contributed by atoms with Gasteiger partial charge in [-0.2, -0.15) is 17.5 Å². The van der Waals surface area contributed by atoms with Crippen LogP contribution in [0, 0.1) is 5.82 Å². The topological polar surface area (TPSA) is 63.4 Å². The van der Waals surface area contributed by atoms with Crippen LogP contribution in [-0.2, 0) is 16.6 Å². The molecule has 0 unspecified atom stereocenters. The van der Waals surface area contributed by atoms with Crippen LogP contribution in [0.15, 0.2) is 17.0 Å². The van der Waals surface area contributed by atoms with Gasteiger partial charge in [0.2, 0.25) is 10.0 Å². The molecule has 0 spiro atoms. The van der Waals surface area contributed by atoms with E-state index in [1.165, 1.54) is 0 Å². The van der Waals surface area contributed by atoms with Gasteiger partial charge in [0.15, 0.2) is 0 Å². The van der Waals surface area contributed by atoms with Crippen molar-refractivity contribution in [3.63, 3.8) is 0 Å². The number of sulfonamides is 1. The maximum absolute atomic E-state index is 13.9. The Bertz CT molecular complexity index is 604. The van der Waals surface area contributed by atoms with Crippen molar-refractivity contribution in [2.45, 2.75) is 17.6 Å². The van der Waals surface area contributed by atoms with Gasteiger partial charge in [-0.1, -0.05) is 11.6 Å². The molecule has 0 bridgehead atoms. The third-order valence-corrected chi connectivity index (χ3v) is 4.41. The highest BCUT2D eigenvalue weighted by molar-refractivity contribution is 7.89. The van der Waals surface area contributed by atoms with E-state index in [0.29, 0.717) is 7.05 Å². The number of rotatable bonds is 4. The van der Waals surface area contributed by atoms with Gasteiger partial charge in [-0.15, -0.1) is 0 Å². The Labute approximate surface area is 118 Å². The Morgan fingerprint density at radius 3 is 2.35 bits per heavy atom. The van der Waals surface area contributed by atoms with Gasteiger partial charge in [-0.05, 0) is 12.1 Å². The maximum Gasteiger partial charge on any atom is 0.402 e. The highest BCUT2D eigenvalue weighted by Gasteiger charge is 2.36. The van der Waals surface area contributed by atoms with Gasteiger partial charge in [-0.3, -0.25) is 0 Å². The lowest BCUT2D eigenvalue weighted by atomic mass is 10.2. The summed E-state index contributed by atoms with van der Waals surface area (Å²) in [5.74, 6) is -1.20. The molecule has 0 saturated carbocycles. The summed E-state index contributed by atoms with van der Waals surface area (Å²) in [5, 5.41) is -0.133. The lowest BCUT2D eigenvalue weighted by Gasteiger charge is -2.19.